The number of amides is 1. The second kappa shape index (κ2) is 7.49. The van der Waals surface area contributed by atoms with Crippen LogP contribution in [0.4, 0.5) is 5.00 Å². The van der Waals surface area contributed by atoms with E-state index < -0.39 is 11.9 Å². The van der Waals surface area contributed by atoms with E-state index in [2.05, 4.69) is 26.3 Å². The van der Waals surface area contributed by atoms with Crippen LogP contribution in [0, 0.1) is 13.8 Å². The number of carbonyl (C=O) groups excluding carboxylic acids is 3. The number of ketones is 1. The van der Waals surface area contributed by atoms with Crippen molar-refractivity contribution in [3.8, 4) is 0 Å². The molecule has 9 heteroatoms. The molecule has 25 heavy (non-hydrogen) atoms. The maximum atomic E-state index is 12.7. The fourth-order valence-electron chi connectivity index (χ4n) is 2.43. The number of rotatable bonds is 5. The van der Waals surface area contributed by atoms with Crippen LogP contribution in [0.15, 0.2) is 4.47 Å². The van der Waals surface area contributed by atoms with Crippen LogP contribution in [0.25, 0.3) is 0 Å². The van der Waals surface area contributed by atoms with Crippen LogP contribution in [0.2, 0.25) is 0 Å². The van der Waals surface area contributed by atoms with Crippen molar-refractivity contribution >= 4 is 49.9 Å². The van der Waals surface area contributed by atoms with Gasteiger partial charge in [0, 0.05) is 7.05 Å². The van der Waals surface area contributed by atoms with Crippen LogP contribution in [-0.4, -0.2) is 34.0 Å². The molecule has 0 unspecified atom stereocenters. The van der Waals surface area contributed by atoms with Gasteiger partial charge in [-0.15, -0.1) is 11.3 Å². The minimum atomic E-state index is -0.570. The summed E-state index contributed by atoms with van der Waals surface area (Å²) >= 11 is 4.41. The van der Waals surface area contributed by atoms with Gasteiger partial charge in [-0.25, -0.2) is 4.79 Å². The highest BCUT2D eigenvalue weighted by molar-refractivity contribution is 9.10. The molecule has 1 N–H and O–H groups in total. The van der Waals surface area contributed by atoms with Crippen LogP contribution in [0.5, 0.6) is 0 Å². The van der Waals surface area contributed by atoms with Gasteiger partial charge in [-0.05, 0) is 49.2 Å². The molecule has 0 radical (unpaired) electrons. The van der Waals surface area contributed by atoms with Gasteiger partial charge in [0.2, 0.25) is 0 Å². The molecule has 2 rings (SSSR count). The van der Waals surface area contributed by atoms with Crippen LogP contribution in [0.1, 0.15) is 55.6 Å². The van der Waals surface area contributed by atoms with Gasteiger partial charge in [0.05, 0.1) is 27.2 Å². The Kier molecular flexibility index (Phi) is 5.79. The summed E-state index contributed by atoms with van der Waals surface area (Å²) in [6.45, 7) is 6.75. The highest BCUT2D eigenvalue weighted by atomic mass is 79.9. The van der Waals surface area contributed by atoms with Gasteiger partial charge in [0.25, 0.3) is 5.91 Å². The van der Waals surface area contributed by atoms with E-state index in [0.29, 0.717) is 26.3 Å². The Balaban J connectivity index is 2.48. The van der Waals surface area contributed by atoms with Crippen molar-refractivity contribution in [1.82, 2.24) is 9.78 Å². The summed E-state index contributed by atoms with van der Waals surface area (Å²) < 4.78 is 7.08. The molecule has 0 aliphatic carbocycles. The molecule has 0 aliphatic heterocycles. The summed E-state index contributed by atoms with van der Waals surface area (Å²) in [5.74, 6) is -1.18. The summed E-state index contributed by atoms with van der Waals surface area (Å²) in [5, 5.41) is 7.18. The third kappa shape index (κ3) is 3.67. The monoisotopic (exact) mass is 427 g/mol. The second-order valence-electron chi connectivity index (χ2n) is 5.36. The molecule has 134 valence electrons. The largest absolute Gasteiger partial charge is 0.462 e. The van der Waals surface area contributed by atoms with Gasteiger partial charge in [0.15, 0.2) is 5.78 Å². The van der Waals surface area contributed by atoms with Gasteiger partial charge in [-0.2, -0.15) is 5.10 Å². The third-order valence-corrected chi connectivity index (χ3v) is 5.79. The lowest BCUT2D eigenvalue weighted by atomic mass is 10.1. The molecule has 0 bridgehead atoms. The number of esters is 1. The first-order chi connectivity index (χ1) is 11.7. The van der Waals surface area contributed by atoms with Crippen molar-refractivity contribution < 1.29 is 19.1 Å². The van der Waals surface area contributed by atoms with E-state index in [1.165, 1.54) is 11.6 Å². The number of nitrogens with one attached hydrogen (secondary N) is 1. The van der Waals surface area contributed by atoms with Crippen molar-refractivity contribution in [3.63, 3.8) is 0 Å². The molecular formula is C16H18BrN3O4S. The number of carbonyl (C=O) groups is 3. The summed E-state index contributed by atoms with van der Waals surface area (Å²) in [4.78, 5) is 37.2. The number of thiophene rings is 1. The van der Waals surface area contributed by atoms with Gasteiger partial charge < -0.3 is 10.1 Å². The topological polar surface area (TPSA) is 90.3 Å². The molecule has 7 nitrogen and oxygen atoms in total. The number of anilines is 1. The van der Waals surface area contributed by atoms with Crippen LogP contribution in [0.3, 0.4) is 0 Å². The van der Waals surface area contributed by atoms with E-state index in [0.717, 1.165) is 11.3 Å². The number of hydrogen-bond donors (Lipinski definition) is 1. The van der Waals surface area contributed by atoms with E-state index >= 15 is 0 Å². The van der Waals surface area contributed by atoms with E-state index in [4.69, 9.17) is 4.74 Å². The van der Waals surface area contributed by atoms with Crippen molar-refractivity contribution in [2.24, 2.45) is 7.05 Å². The number of nitrogens with zero attached hydrogens (tertiary/aromatic N) is 2. The molecule has 1 amide bonds. The quantitative estimate of drug-likeness (QED) is 0.582. The molecule has 0 spiro atoms. The van der Waals surface area contributed by atoms with Crippen molar-refractivity contribution in [3.05, 3.63) is 31.9 Å². The Bertz CT molecular complexity index is 869. The lowest BCUT2D eigenvalue weighted by Crippen LogP contribution is -2.18. The number of hydrogen-bond acceptors (Lipinski definition) is 6. The lowest BCUT2D eigenvalue weighted by Gasteiger charge is -2.07. The maximum absolute atomic E-state index is 12.7. The van der Waals surface area contributed by atoms with Gasteiger partial charge in [-0.3, -0.25) is 14.3 Å². The molecule has 0 saturated heterocycles. The standard InChI is InChI=1S/C16H18BrN3O4S/c1-6-24-16(23)10-7(2)13(9(4)21)25-15(10)18-14(22)12-11(17)8(3)19-20(12)5/h6H2,1-5H3,(H,18,22). The molecule has 0 fully saturated rings. The number of aryl methyl sites for hydroxylation is 2. The summed E-state index contributed by atoms with van der Waals surface area (Å²) in [7, 11) is 1.65. The SMILES string of the molecule is CCOC(=O)c1c(NC(=O)c2c(Br)c(C)nn2C)sc(C(C)=O)c1C. The number of ether oxygens (including phenoxy) is 1. The van der Waals surface area contributed by atoms with Crippen LogP contribution >= 0.6 is 27.3 Å². The Hall–Kier alpha value is -2.00. The molecule has 0 saturated carbocycles. The number of halogens is 1. The Morgan fingerprint density at radius 3 is 2.44 bits per heavy atom. The predicted molar refractivity (Wildman–Crippen MR) is 98.6 cm³/mol. The zero-order valence-corrected chi connectivity index (χ0v) is 16.9. The maximum Gasteiger partial charge on any atom is 0.341 e. The van der Waals surface area contributed by atoms with Gasteiger partial charge in [-0.1, -0.05) is 0 Å². The molecule has 0 aliphatic rings. The zero-order valence-electron chi connectivity index (χ0n) is 14.5. The first kappa shape index (κ1) is 19.3. The minimum absolute atomic E-state index is 0.175. The average molecular weight is 428 g/mol. The Morgan fingerprint density at radius 2 is 1.96 bits per heavy atom. The Labute approximate surface area is 157 Å². The van der Waals surface area contributed by atoms with Gasteiger partial charge >= 0.3 is 5.97 Å². The fourth-order valence-corrected chi connectivity index (χ4v) is 4.03. The lowest BCUT2D eigenvalue weighted by molar-refractivity contribution is 0.0527. The first-order valence-electron chi connectivity index (χ1n) is 7.50. The first-order valence-corrected chi connectivity index (χ1v) is 9.11. The highest BCUT2D eigenvalue weighted by Gasteiger charge is 2.27. The van der Waals surface area contributed by atoms with Crippen molar-refractivity contribution in [1.29, 1.82) is 0 Å². The summed E-state index contributed by atoms with van der Waals surface area (Å²) in [5.41, 5.74) is 1.71. The molecule has 0 aromatic carbocycles. The molecule has 2 aromatic rings. The van der Waals surface area contributed by atoms with Crippen molar-refractivity contribution in [2.45, 2.75) is 27.7 Å². The Morgan fingerprint density at radius 1 is 1.32 bits per heavy atom. The van der Waals surface area contributed by atoms with Gasteiger partial charge in [0.1, 0.15) is 10.7 Å². The summed E-state index contributed by atoms with van der Waals surface area (Å²) in [6, 6.07) is 0. The fraction of sp³-hybridized carbons (Fsp3) is 0.375. The molecule has 2 aromatic heterocycles. The summed E-state index contributed by atoms with van der Waals surface area (Å²) in [6.07, 6.45) is 0. The number of Topliss-reactive ketones (excluding diaryl/α,β-unsaturated/α-hetero) is 1. The van der Waals surface area contributed by atoms with E-state index in [-0.39, 0.29) is 23.0 Å². The van der Waals surface area contributed by atoms with E-state index in [9.17, 15) is 14.4 Å². The van der Waals surface area contributed by atoms with Crippen LogP contribution < -0.4 is 5.32 Å². The smallest absolute Gasteiger partial charge is 0.341 e. The highest BCUT2D eigenvalue weighted by Crippen LogP contribution is 2.35. The van der Waals surface area contributed by atoms with E-state index in [1.807, 2.05) is 0 Å². The normalized spacial score (nSPS) is 10.6. The molecule has 0 atom stereocenters. The van der Waals surface area contributed by atoms with Crippen molar-refractivity contribution in [2.75, 3.05) is 11.9 Å². The zero-order chi connectivity index (χ0) is 18.9. The minimum Gasteiger partial charge on any atom is -0.462 e. The molecular weight excluding hydrogens is 410 g/mol. The average Bonchev–Trinajstić information content (AvgIpc) is 2.96. The second-order valence-corrected chi connectivity index (χ2v) is 7.18. The molecule has 2 heterocycles. The third-order valence-electron chi connectivity index (χ3n) is 3.54. The van der Waals surface area contributed by atoms with E-state index in [1.54, 1.807) is 27.8 Å². The predicted octanol–water partition coefficient (Wildman–Crippen LogP) is 3.49. The van der Waals surface area contributed by atoms with Crippen LogP contribution in [-0.2, 0) is 11.8 Å². The number of aromatic nitrogens is 2.